The molecule has 0 spiro atoms. The van der Waals surface area contributed by atoms with E-state index in [4.69, 9.17) is 15.2 Å². The number of anilines is 2. The summed E-state index contributed by atoms with van der Waals surface area (Å²) in [7, 11) is 2.83. The molecular weight excluding hydrogens is 348 g/mol. The van der Waals surface area contributed by atoms with Crippen molar-refractivity contribution in [3.63, 3.8) is 0 Å². The predicted octanol–water partition coefficient (Wildman–Crippen LogP) is 3.18. The highest BCUT2D eigenvalue weighted by atomic mass is 16.5. The number of nitrogens with one attached hydrogen (secondary N) is 1. The number of nitrogens with two attached hydrogens (primary N) is 1. The fourth-order valence-corrected chi connectivity index (χ4v) is 2.71. The standard InChI is InChI=1S/C20H18N2O5/c1-26-14-6-4-13(5-7-14)22-19(24)16-10-12-9-11(20(25)27-2)3-8-15(12)17(21)18(16)23/h3-10,23H,21H2,1-2H3,(H,22,24). The van der Waals surface area contributed by atoms with Crippen molar-refractivity contribution < 1.29 is 24.2 Å². The molecule has 7 heteroatoms. The van der Waals surface area contributed by atoms with Gasteiger partial charge in [0.2, 0.25) is 0 Å². The van der Waals surface area contributed by atoms with E-state index in [0.29, 0.717) is 27.8 Å². The normalized spacial score (nSPS) is 10.4. The van der Waals surface area contributed by atoms with Crippen LogP contribution in [-0.2, 0) is 4.74 Å². The summed E-state index contributed by atoms with van der Waals surface area (Å²) < 4.78 is 9.78. The molecule has 0 saturated carbocycles. The first-order valence-corrected chi connectivity index (χ1v) is 8.03. The van der Waals surface area contributed by atoms with Gasteiger partial charge in [0.25, 0.3) is 5.91 Å². The summed E-state index contributed by atoms with van der Waals surface area (Å²) >= 11 is 0. The van der Waals surface area contributed by atoms with Crippen LogP contribution in [0.4, 0.5) is 11.4 Å². The van der Waals surface area contributed by atoms with Gasteiger partial charge >= 0.3 is 5.97 Å². The number of ether oxygens (including phenoxy) is 2. The lowest BCUT2D eigenvalue weighted by atomic mass is 10.0. The number of phenols is 1. The van der Waals surface area contributed by atoms with E-state index < -0.39 is 11.9 Å². The number of fused-ring (bicyclic) bond motifs is 1. The second kappa shape index (κ2) is 7.25. The van der Waals surface area contributed by atoms with Crippen molar-refractivity contribution in [3.05, 3.63) is 59.7 Å². The van der Waals surface area contributed by atoms with E-state index in [1.54, 1.807) is 49.6 Å². The zero-order valence-electron chi connectivity index (χ0n) is 14.8. The topological polar surface area (TPSA) is 111 Å². The Morgan fingerprint density at radius 2 is 1.74 bits per heavy atom. The summed E-state index contributed by atoms with van der Waals surface area (Å²) in [5, 5.41) is 14.1. The summed E-state index contributed by atoms with van der Waals surface area (Å²) in [5.41, 5.74) is 6.89. The van der Waals surface area contributed by atoms with Crippen molar-refractivity contribution in [1.29, 1.82) is 0 Å². The molecule has 0 aliphatic rings. The van der Waals surface area contributed by atoms with Gasteiger partial charge in [0.1, 0.15) is 5.75 Å². The minimum absolute atomic E-state index is 0.00201. The number of amides is 1. The number of carbonyl (C=O) groups excluding carboxylic acids is 2. The lowest BCUT2D eigenvalue weighted by Gasteiger charge is -2.12. The number of hydrogen-bond donors (Lipinski definition) is 3. The van der Waals surface area contributed by atoms with E-state index in [-0.39, 0.29) is 17.0 Å². The van der Waals surface area contributed by atoms with Gasteiger partial charge in [-0.05, 0) is 47.9 Å². The van der Waals surface area contributed by atoms with Gasteiger partial charge in [-0.3, -0.25) is 4.79 Å². The Labute approximate surface area is 155 Å². The van der Waals surface area contributed by atoms with Crippen LogP contribution in [0.2, 0.25) is 0 Å². The number of hydrogen-bond acceptors (Lipinski definition) is 6. The molecular formula is C20H18N2O5. The summed E-state index contributed by atoms with van der Waals surface area (Å²) in [6.45, 7) is 0. The molecule has 1 amide bonds. The van der Waals surface area contributed by atoms with Crippen LogP contribution in [-0.4, -0.2) is 31.2 Å². The fourth-order valence-electron chi connectivity index (χ4n) is 2.71. The fraction of sp³-hybridized carbons (Fsp3) is 0.100. The molecule has 138 valence electrons. The molecule has 0 unspecified atom stereocenters. The average molecular weight is 366 g/mol. The number of carbonyl (C=O) groups is 2. The number of esters is 1. The van der Waals surface area contributed by atoms with Crippen LogP contribution in [0.3, 0.4) is 0 Å². The van der Waals surface area contributed by atoms with E-state index in [1.165, 1.54) is 13.2 Å². The molecule has 0 aliphatic heterocycles. The summed E-state index contributed by atoms with van der Waals surface area (Å²) in [6, 6.07) is 12.9. The number of benzene rings is 3. The average Bonchev–Trinajstić information content (AvgIpc) is 2.70. The highest BCUT2D eigenvalue weighted by Gasteiger charge is 2.18. The maximum Gasteiger partial charge on any atom is 0.337 e. The number of aromatic hydroxyl groups is 1. The molecule has 0 atom stereocenters. The first kappa shape index (κ1) is 18.1. The zero-order chi connectivity index (χ0) is 19.6. The number of nitrogen functional groups attached to an aromatic ring is 1. The van der Waals surface area contributed by atoms with Crippen molar-refractivity contribution in [2.75, 3.05) is 25.3 Å². The lowest BCUT2D eigenvalue weighted by molar-refractivity contribution is 0.0601. The second-order valence-electron chi connectivity index (χ2n) is 5.80. The van der Waals surface area contributed by atoms with Crippen LogP contribution >= 0.6 is 0 Å². The maximum atomic E-state index is 12.6. The van der Waals surface area contributed by atoms with Crippen LogP contribution in [0.15, 0.2) is 48.5 Å². The van der Waals surface area contributed by atoms with E-state index in [0.717, 1.165) is 0 Å². The molecule has 3 rings (SSSR count). The monoisotopic (exact) mass is 366 g/mol. The SMILES string of the molecule is COC(=O)c1ccc2c(N)c(O)c(C(=O)Nc3ccc(OC)cc3)cc2c1. The van der Waals surface area contributed by atoms with E-state index >= 15 is 0 Å². The van der Waals surface area contributed by atoms with Crippen LogP contribution in [0.25, 0.3) is 10.8 Å². The molecule has 0 radical (unpaired) electrons. The molecule has 0 aromatic heterocycles. The summed E-state index contributed by atoms with van der Waals surface area (Å²) in [6.07, 6.45) is 0. The molecule has 0 heterocycles. The van der Waals surface area contributed by atoms with Gasteiger partial charge < -0.3 is 25.6 Å². The smallest absolute Gasteiger partial charge is 0.337 e. The minimum Gasteiger partial charge on any atom is -0.505 e. The molecule has 0 bridgehead atoms. The third-order valence-electron chi connectivity index (χ3n) is 4.17. The van der Waals surface area contributed by atoms with Crippen LogP contribution in [0, 0.1) is 0 Å². The molecule has 0 fully saturated rings. The summed E-state index contributed by atoms with van der Waals surface area (Å²) in [4.78, 5) is 24.3. The van der Waals surface area contributed by atoms with Gasteiger partial charge in [-0.15, -0.1) is 0 Å². The van der Waals surface area contributed by atoms with Crippen molar-refractivity contribution >= 4 is 34.0 Å². The van der Waals surface area contributed by atoms with Crippen molar-refractivity contribution in [3.8, 4) is 11.5 Å². The number of methoxy groups -OCH3 is 2. The van der Waals surface area contributed by atoms with Crippen LogP contribution in [0.5, 0.6) is 11.5 Å². The Morgan fingerprint density at radius 1 is 1.04 bits per heavy atom. The first-order valence-electron chi connectivity index (χ1n) is 8.03. The molecule has 7 nitrogen and oxygen atoms in total. The van der Waals surface area contributed by atoms with Crippen LogP contribution < -0.4 is 15.8 Å². The number of phenolic OH excluding ortho intramolecular Hbond substituents is 1. The van der Waals surface area contributed by atoms with E-state index in [2.05, 4.69) is 5.32 Å². The van der Waals surface area contributed by atoms with Gasteiger partial charge in [0, 0.05) is 11.1 Å². The van der Waals surface area contributed by atoms with Gasteiger partial charge in [-0.2, -0.15) is 0 Å². The molecule has 3 aromatic rings. The van der Waals surface area contributed by atoms with Crippen LogP contribution in [0.1, 0.15) is 20.7 Å². The van der Waals surface area contributed by atoms with Gasteiger partial charge in [-0.25, -0.2) is 4.79 Å². The Balaban J connectivity index is 1.99. The third kappa shape index (κ3) is 3.48. The molecule has 4 N–H and O–H groups in total. The quantitative estimate of drug-likeness (QED) is 0.372. The summed E-state index contributed by atoms with van der Waals surface area (Å²) in [5.74, 6) is -0.706. The van der Waals surface area contributed by atoms with Gasteiger partial charge in [-0.1, -0.05) is 6.07 Å². The van der Waals surface area contributed by atoms with Crippen molar-refractivity contribution in [2.24, 2.45) is 0 Å². The molecule has 0 aliphatic carbocycles. The highest BCUT2D eigenvalue weighted by molar-refractivity contribution is 6.12. The minimum atomic E-state index is -0.533. The highest BCUT2D eigenvalue weighted by Crippen LogP contribution is 2.34. The Bertz CT molecular complexity index is 1030. The second-order valence-corrected chi connectivity index (χ2v) is 5.80. The first-order chi connectivity index (χ1) is 12.9. The van der Waals surface area contributed by atoms with E-state index in [1.807, 2.05) is 0 Å². The zero-order valence-corrected chi connectivity index (χ0v) is 14.8. The van der Waals surface area contributed by atoms with E-state index in [9.17, 15) is 14.7 Å². The third-order valence-corrected chi connectivity index (χ3v) is 4.17. The molecule has 3 aromatic carbocycles. The Morgan fingerprint density at radius 3 is 2.37 bits per heavy atom. The largest absolute Gasteiger partial charge is 0.505 e. The predicted molar refractivity (Wildman–Crippen MR) is 102 cm³/mol. The molecule has 27 heavy (non-hydrogen) atoms. The van der Waals surface area contributed by atoms with Crippen molar-refractivity contribution in [1.82, 2.24) is 0 Å². The number of rotatable bonds is 4. The maximum absolute atomic E-state index is 12.6. The van der Waals surface area contributed by atoms with Gasteiger partial charge in [0.15, 0.2) is 5.75 Å². The van der Waals surface area contributed by atoms with Crippen molar-refractivity contribution in [2.45, 2.75) is 0 Å². The van der Waals surface area contributed by atoms with Gasteiger partial charge in [0.05, 0.1) is 31.0 Å². The Hall–Kier alpha value is -3.74. The Kier molecular flexibility index (Phi) is 4.85. The molecule has 0 saturated heterocycles. The lowest BCUT2D eigenvalue weighted by Crippen LogP contribution is -2.13.